The summed E-state index contributed by atoms with van der Waals surface area (Å²) >= 11 is 0. The van der Waals surface area contributed by atoms with Crippen LogP contribution < -0.4 is 5.32 Å². The van der Waals surface area contributed by atoms with Crippen LogP contribution in [0.5, 0.6) is 0 Å². The maximum atomic E-state index is 12.1. The summed E-state index contributed by atoms with van der Waals surface area (Å²) in [7, 11) is 0. The van der Waals surface area contributed by atoms with Crippen molar-refractivity contribution in [1.29, 1.82) is 5.26 Å². The zero-order valence-corrected chi connectivity index (χ0v) is 13.2. The van der Waals surface area contributed by atoms with Crippen molar-refractivity contribution in [2.45, 2.75) is 58.7 Å². The molecule has 114 valence electrons. The largest absolute Gasteiger partial charge is 0.352 e. The van der Waals surface area contributed by atoms with E-state index in [1.165, 1.54) is 0 Å². The lowest BCUT2D eigenvalue weighted by Crippen LogP contribution is -2.56. The Morgan fingerprint density at radius 1 is 1.15 bits per heavy atom. The van der Waals surface area contributed by atoms with E-state index in [2.05, 4.69) is 28.1 Å². The third-order valence-corrected chi connectivity index (χ3v) is 4.25. The van der Waals surface area contributed by atoms with E-state index in [0.29, 0.717) is 0 Å². The number of carbonyl (C=O) groups is 1. The molecule has 1 fully saturated rings. The summed E-state index contributed by atoms with van der Waals surface area (Å²) in [5.41, 5.74) is 0. The summed E-state index contributed by atoms with van der Waals surface area (Å²) in [5, 5.41) is 12.1. The fourth-order valence-electron chi connectivity index (χ4n) is 2.50. The molecule has 3 unspecified atom stereocenters. The molecule has 5 nitrogen and oxygen atoms in total. The van der Waals surface area contributed by atoms with Crippen molar-refractivity contribution < 1.29 is 4.79 Å². The van der Waals surface area contributed by atoms with E-state index in [-0.39, 0.29) is 24.0 Å². The molecule has 0 bridgehead atoms. The smallest absolute Gasteiger partial charge is 0.237 e. The molecule has 0 aromatic heterocycles. The maximum absolute atomic E-state index is 12.1. The molecular formula is C15H28N4O. The highest BCUT2D eigenvalue weighted by molar-refractivity contribution is 5.81. The van der Waals surface area contributed by atoms with Gasteiger partial charge in [-0.2, -0.15) is 5.26 Å². The molecule has 0 aromatic rings. The van der Waals surface area contributed by atoms with Gasteiger partial charge in [-0.05, 0) is 26.7 Å². The average Bonchev–Trinajstić information content (AvgIpc) is 2.48. The quantitative estimate of drug-likeness (QED) is 0.794. The van der Waals surface area contributed by atoms with Gasteiger partial charge in [-0.25, -0.2) is 0 Å². The molecule has 0 saturated carbocycles. The van der Waals surface area contributed by atoms with Gasteiger partial charge in [0.05, 0.1) is 18.2 Å². The Bertz CT molecular complexity index is 344. The highest BCUT2D eigenvalue weighted by Gasteiger charge is 2.28. The number of piperazine rings is 1. The van der Waals surface area contributed by atoms with Gasteiger partial charge in [-0.3, -0.25) is 14.6 Å². The molecule has 1 aliphatic rings. The van der Waals surface area contributed by atoms with Crippen molar-refractivity contribution in [3.8, 4) is 6.07 Å². The molecule has 1 N–H and O–H groups in total. The van der Waals surface area contributed by atoms with Crippen LogP contribution in [0, 0.1) is 11.3 Å². The lowest BCUT2D eigenvalue weighted by atomic mass is 10.1. The SMILES string of the molecule is CCC(C)NC(=O)C(C)N1CCN(C(C#N)CC)CC1. The molecule has 1 heterocycles. The monoisotopic (exact) mass is 280 g/mol. The highest BCUT2D eigenvalue weighted by atomic mass is 16.2. The first-order chi connectivity index (χ1) is 9.53. The number of nitriles is 1. The van der Waals surface area contributed by atoms with Crippen molar-refractivity contribution in [2.24, 2.45) is 0 Å². The summed E-state index contributed by atoms with van der Waals surface area (Å²) in [5.74, 6) is 0.111. The minimum Gasteiger partial charge on any atom is -0.352 e. The molecule has 20 heavy (non-hydrogen) atoms. The highest BCUT2D eigenvalue weighted by Crippen LogP contribution is 2.11. The zero-order chi connectivity index (χ0) is 15.1. The predicted octanol–water partition coefficient (Wildman–Crippen LogP) is 1.21. The molecule has 3 atom stereocenters. The molecule has 0 aromatic carbocycles. The van der Waals surface area contributed by atoms with Gasteiger partial charge in [0.25, 0.3) is 0 Å². The van der Waals surface area contributed by atoms with E-state index in [1.807, 2.05) is 20.8 Å². The van der Waals surface area contributed by atoms with Gasteiger partial charge in [0, 0.05) is 32.2 Å². The number of amides is 1. The van der Waals surface area contributed by atoms with Crippen LogP contribution in [0.4, 0.5) is 0 Å². The van der Waals surface area contributed by atoms with E-state index in [1.54, 1.807) is 0 Å². The number of nitrogens with one attached hydrogen (secondary N) is 1. The van der Waals surface area contributed by atoms with Crippen molar-refractivity contribution in [3.63, 3.8) is 0 Å². The lowest BCUT2D eigenvalue weighted by molar-refractivity contribution is -0.127. The standard InChI is InChI=1S/C15H28N4O/c1-5-12(3)17-15(20)13(4)18-7-9-19(10-8-18)14(6-2)11-16/h12-14H,5-10H2,1-4H3,(H,17,20). The summed E-state index contributed by atoms with van der Waals surface area (Å²) < 4.78 is 0. The molecule has 1 rings (SSSR count). The first-order valence-electron chi connectivity index (χ1n) is 7.71. The summed E-state index contributed by atoms with van der Waals surface area (Å²) in [6.45, 7) is 11.6. The minimum absolute atomic E-state index is 0.0152. The Kier molecular flexibility index (Phi) is 6.97. The molecule has 5 heteroatoms. The Hall–Kier alpha value is -1.12. The number of carbonyl (C=O) groups excluding carboxylic acids is 1. The number of rotatable bonds is 6. The summed E-state index contributed by atoms with van der Waals surface area (Å²) in [6, 6.07) is 2.51. The normalized spacial score (nSPS) is 21.8. The molecule has 1 saturated heterocycles. The van der Waals surface area contributed by atoms with Crippen molar-refractivity contribution in [2.75, 3.05) is 26.2 Å². The van der Waals surface area contributed by atoms with Gasteiger partial charge in [0.15, 0.2) is 0 Å². The topological polar surface area (TPSA) is 59.4 Å². The van der Waals surface area contributed by atoms with Crippen molar-refractivity contribution >= 4 is 5.91 Å². The predicted molar refractivity (Wildman–Crippen MR) is 80.2 cm³/mol. The first kappa shape index (κ1) is 16.9. The molecule has 1 aliphatic heterocycles. The van der Waals surface area contributed by atoms with Crippen molar-refractivity contribution in [3.05, 3.63) is 0 Å². The van der Waals surface area contributed by atoms with Crippen LogP contribution in [0.3, 0.4) is 0 Å². The van der Waals surface area contributed by atoms with Crippen LogP contribution in [-0.4, -0.2) is 60.0 Å². The molecular weight excluding hydrogens is 252 g/mol. The van der Waals surface area contributed by atoms with Crippen LogP contribution in [0.1, 0.15) is 40.5 Å². The third kappa shape index (κ3) is 4.46. The number of nitrogens with zero attached hydrogens (tertiary/aromatic N) is 3. The van der Waals surface area contributed by atoms with Gasteiger partial charge < -0.3 is 5.32 Å². The Labute approximate surface area is 122 Å². The van der Waals surface area contributed by atoms with Gasteiger partial charge in [-0.1, -0.05) is 13.8 Å². The van der Waals surface area contributed by atoms with E-state index >= 15 is 0 Å². The molecule has 0 aliphatic carbocycles. The van der Waals surface area contributed by atoms with Gasteiger partial charge in [-0.15, -0.1) is 0 Å². The second-order valence-corrected chi connectivity index (χ2v) is 5.62. The van der Waals surface area contributed by atoms with Gasteiger partial charge in [0.1, 0.15) is 0 Å². The molecule has 0 spiro atoms. The third-order valence-electron chi connectivity index (χ3n) is 4.25. The van der Waals surface area contributed by atoms with E-state index < -0.39 is 0 Å². The second kappa shape index (κ2) is 8.23. The summed E-state index contributed by atoms with van der Waals surface area (Å²) in [4.78, 5) is 16.5. The van der Waals surface area contributed by atoms with Gasteiger partial charge in [0.2, 0.25) is 5.91 Å². The fourth-order valence-corrected chi connectivity index (χ4v) is 2.50. The summed E-state index contributed by atoms with van der Waals surface area (Å²) in [6.07, 6.45) is 1.81. The molecule has 1 amide bonds. The van der Waals surface area contributed by atoms with Crippen LogP contribution in [0.25, 0.3) is 0 Å². The van der Waals surface area contributed by atoms with Crippen LogP contribution >= 0.6 is 0 Å². The van der Waals surface area contributed by atoms with E-state index in [0.717, 1.165) is 39.0 Å². The number of hydrogen-bond acceptors (Lipinski definition) is 4. The molecule has 0 radical (unpaired) electrons. The first-order valence-corrected chi connectivity index (χ1v) is 7.71. The van der Waals surface area contributed by atoms with E-state index in [9.17, 15) is 4.79 Å². The Morgan fingerprint density at radius 3 is 2.15 bits per heavy atom. The Morgan fingerprint density at radius 2 is 1.70 bits per heavy atom. The zero-order valence-electron chi connectivity index (χ0n) is 13.2. The fraction of sp³-hybridized carbons (Fsp3) is 0.867. The number of hydrogen-bond donors (Lipinski definition) is 1. The van der Waals surface area contributed by atoms with Gasteiger partial charge >= 0.3 is 0 Å². The minimum atomic E-state index is -0.0895. The Balaban J connectivity index is 2.44. The maximum Gasteiger partial charge on any atom is 0.237 e. The average molecular weight is 280 g/mol. The van der Waals surface area contributed by atoms with E-state index in [4.69, 9.17) is 5.26 Å². The second-order valence-electron chi connectivity index (χ2n) is 5.62. The van der Waals surface area contributed by atoms with Crippen molar-refractivity contribution in [1.82, 2.24) is 15.1 Å². The van der Waals surface area contributed by atoms with Crippen LogP contribution in [-0.2, 0) is 4.79 Å². The van der Waals surface area contributed by atoms with Crippen LogP contribution in [0.2, 0.25) is 0 Å². The lowest BCUT2D eigenvalue weighted by Gasteiger charge is -2.39. The van der Waals surface area contributed by atoms with Crippen LogP contribution in [0.15, 0.2) is 0 Å².